The summed E-state index contributed by atoms with van der Waals surface area (Å²) in [5.41, 5.74) is -0.128. The third-order valence-corrected chi connectivity index (χ3v) is 4.30. The first-order valence-electron chi connectivity index (χ1n) is 8.23. The Labute approximate surface area is 125 Å². The zero-order chi connectivity index (χ0) is 15.3. The maximum absolute atomic E-state index is 11.8. The smallest absolute Gasteiger partial charge is 0.221 e. The van der Waals surface area contributed by atoms with E-state index in [9.17, 15) is 4.79 Å². The Morgan fingerprint density at radius 1 is 1.25 bits per heavy atom. The second kappa shape index (κ2) is 7.44. The normalized spacial score (nSPS) is 27.6. The van der Waals surface area contributed by atoms with E-state index in [1.54, 1.807) is 0 Å². The lowest BCUT2D eigenvalue weighted by molar-refractivity contribution is -0.122. The van der Waals surface area contributed by atoms with E-state index in [0.29, 0.717) is 12.5 Å². The molecule has 1 amide bonds. The maximum Gasteiger partial charge on any atom is 0.221 e. The first-order valence-corrected chi connectivity index (χ1v) is 8.23. The molecule has 0 aromatic carbocycles. The van der Waals surface area contributed by atoms with E-state index in [2.05, 4.69) is 31.4 Å². The van der Waals surface area contributed by atoms with Gasteiger partial charge in [0.15, 0.2) is 0 Å². The lowest BCUT2D eigenvalue weighted by atomic mass is 9.74. The molecule has 0 aromatic rings. The van der Waals surface area contributed by atoms with Gasteiger partial charge in [-0.15, -0.1) is 0 Å². The molecule has 0 spiro atoms. The van der Waals surface area contributed by atoms with Crippen LogP contribution in [0.3, 0.4) is 0 Å². The second-order valence-electron chi connectivity index (χ2n) is 7.93. The Morgan fingerprint density at radius 3 is 2.45 bits per heavy atom. The molecule has 1 aliphatic rings. The molecule has 0 bridgehead atoms. The van der Waals surface area contributed by atoms with Crippen LogP contribution < -0.4 is 10.6 Å². The molecule has 0 radical (unpaired) electrons. The van der Waals surface area contributed by atoms with E-state index in [1.165, 1.54) is 19.3 Å². The molecule has 2 N–H and O–H groups in total. The molecule has 20 heavy (non-hydrogen) atoms. The molecular formula is C17H34N2O. The maximum atomic E-state index is 11.8. The Bertz CT molecular complexity index is 307. The first-order chi connectivity index (χ1) is 9.19. The van der Waals surface area contributed by atoms with Crippen LogP contribution in [0.5, 0.6) is 0 Å². The van der Waals surface area contributed by atoms with Gasteiger partial charge in [0, 0.05) is 24.5 Å². The van der Waals surface area contributed by atoms with Crippen molar-refractivity contribution in [2.24, 2.45) is 17.8 Å². The van der Waals surface area contributed by atoms with Crippen molar-refractivity contribution < 1.29 is 4.79 Å². The first kappa shape index (κ1) is 17.5. The molecule has 3 heteroatoms. The van der Waals surface area contributed by atoms with Gasteiger partial charge in [-0.1, -0.05) is 27.2 Å². The van der Waals surface area contributed by atoms with Crippen LogP contribution in [-0.4, -0.2) is 24.0 Å². The number of hydrogen-bond donors (Lipinski definition) is 2. The molecule has 1 saturated carbocycles. The fourth-order valence-electron chi connectivity index (χ4n) is 3.29. The summed E-state index contributed by atoms with van der Waals surface area (Å²) in [6.45, 7) is 13.9. The van der Waals surface area contributed by atoms with Crippen molar-refractivity contribution in [1.82, 2.24) is 10.6 Å². The molecule has 118 valence electrons. The zero-order valence-electron chi connectivity index (χ0n) is 14.3. The molecule has 3 atom stereocenters. The van der Waals surface area contributed by atoms with E-state index in [0.717, 1.165) is 24.3 Å². The van der Waals surface area contributed by atoms with Gasteiger partial charge in [0.2, 0.25) is 5.91 Å². The SMILES string of the molecule is CC1CCC(C(C)C)C(NCCC(=O)NC(C)(C)C)C1. The van der Waals surface area contributed by atoms with E-state index < -0.39 is 0 Å². The molecular weight excluding hydrogens is 248 g/mol. The fraction of sp³-hybridized carbons (Fsp3) is 0.941. The second-order valence-corrected chi connectivity index (χ2v) is 7.93. The highest BCUT2D eigenvalue weighted by molar-refractivity contribution is 5.76. The van der Waals surface area contributed by atoms with Gasteiger partial charge < -0.3 is 10.6 Å². The molecule has 1 aliphatic carbocycles. The highest BCUT2D eigenvalue weighted by Gasteiger charge is 2.30. The Hall–Kier alpha value is -0.570. The minimum Gasteiger partial charge on any atom is -0.351 e. The van der Waals surface area contributed by atoms with Crippen LogP contribution in [0.2, 0.25) is 0 Å². The van der Waals surface area contributed by atoms with Crippen molar-refractivity contribution in [3.8, 4) is 0 Å². The van der Waals surface area contributed by atoms with Crippen LogP contribution in [0.25, 0.3) is 0 Å². The standard InChI is InChI=1S/C17H34N2O/c1-12(2)14-8-7-13(3)11-15(14)18-10-9-16(20)19-17(4,5)6/h12-15,18H,7-11H2,1-6H3,(H,19,20). The largest absolute Gasteiger partial charge is 0.351 e. The summed E-state index contributed by atoms with van der Waals surface area (Å²) >= 11 is 0. The quantitative estimate of drug-likeness (QED) is 0.812. The Balaban J connectivity index is 2.36. The van der Waals surface area contributed by atoms with Crippen LogP contribution in [0.15, 0.2) is 0 Å². The van der Waals surface area contributed by atoms with Crippen LogP contribution in [0.1, 0.15) is 67.2 Å². The highest BCUT2D eigenvalue weighted by atomic mass is 16.1. The molecule has 1 rings (SSSR count). The van der Waals surface area contributed by atoms with Crippen molar-refractivity contribution in [3.05, 3.63) is 0 Å². The van der Waals surface area contributed by atoms with E-state index in [4.69, 9.17) is 0 Å². The van der Waals surface area contributed by atoms with Gasteiger partial charge in [-0.25, -0.2) is 0 Å². The number of nitrogens with one attached hydrogen (secondary N) is 2. The summed E-state index contributed by atoms with van der Waals surface area (Å²) in [4.78, 5) is 11.8. The van der Waals surface area contributed by atoms with Crippen LogP contribution in [-0.2, 0) is 4.79 Å². The number of hydrogen-bond acceptors (Lipinski definition) is 2. The van der Waals surface area contributed by atoms with Gasteiger partial charge in [0.05, 0.1) is 0 Å². The Morgan fingerprint density at radius 2 is 1.90 bits per heavy atom. The van der Waals surface area contributed by atoms with E-state index >= 15 is 0 Å². The number of carbonyl (C=O) groups excluding carboxylic acids is 1. The number of rotatable bonds is 5. The lowest BCUT2D eigenvalue weighted by Gasteiger charge is -2.38. The highest BCUT2D eigenvalue weighted by Crippen LogP contribution is 2.33. The summed E-state index contributed by atoms with van der Waals surface area (Å²) in [7, 11) is 0. The molecule has 0 heterocycles. The van der Waals surface area contributed by atoms with Gasteiger partial charge in [-0.05, 0) is 51.4 Å². The molecule has 0 aromatic heterocycles. The summed E-state index contributed by atoms with van der Waals surface area (Å²) < 4.78 is 0. The molecule has 0 saturated heterocycles. The summed E-state index contributed by atoms with van der Waals surface area (Å²) in [5, 5.41) is 6.66. The summed E-state index contributed by atoms with van der Waals surface area (Å²) in [5.74, 6) is 2.45. The molecule has 3 nitrogen and oxygen atoms in total. The van der Waals surface area contributed by atoms with Crippen molar-refractivity contribution >= 4 is 5.91 Å². The monoisotopic (exact) mass is 282 g/mol. The topological polar surface area (TPSA) is 41.1 Å². The number of carbonyl (C=O) groups is 1. The predicted octanol–water partition coefficient (Wildman–Crippen LogP) is 3.34. The molecule has 1 fully saturated rings. The van der Waals surface area contributed by atoms with Gasteiger partial charge >= 0.3 is 0 Å². The van der Waals surface area contributed by atoms with Gasteiger partial charge in [0.25, 0.3) is 0 Å². The minimum absolute atomic E-state index is 0.128. The fourth-order valence-corrected chi connectivity index (χ4v) is 3.29. The van der Waals surface area contributed by atoms with Gasteiger partial charge in [-0.2, -0.15) is 0 Å². The third-order valence-electron chi connectivity index (χ3n) is 4.30. The molecule has 0 aliphatic heterocycles. The summed E-state index contributed by atoms with van der Waals surface area (Å²) in [6, 6.07) is 0.584. The average molecular weight is 282 g/mol. The lowest BCUT2D eigenvalue weighted by Crippen LogP contribution is -2.45. The predicted molar refractivity (Wildman–Crippen MR) is 85.6 cm³/mol. The summed E-state index contributed by atoms with van der Waals surface area (Å²) in [6.07, 6.45) is 4.51. The van der Waals surface area contributed by atoms with Crippen LogP contribution in [0, 0.1) is 17.8 Å². The van der Waals surface area contributed by atoms with Crippen molar-refractivity contribution in [2.75, 3.05) is 6.54 Å². The van der Waals surface area contributed by atoms with Gasteiger partial charge in [-0.3, -0.25) is 4.79 Å². The van der Waals surface area contributed by atoms with Gasteiger partial charge in [0.1, 0.15) is 0 Å². The molecule has 3 unspecified atom stereocenters. The van der Waals surface area contributed by atoms with E-state index in [1.807, 2.05) is 20.8 Å². The zero-order valence-corrected chi connectivity index (χ0v) is 14.3. The van der Waals surface area contributed by atoms with Crippen molar-refractivity contribution in [2.45, 2.75) is 78.8 Å². The van der Waals surface area contributed by atoms with Crippen molar-refractivity contribution in [3.63, 3.8) is 0 Å². The average Bonchev–Trinajstić information content (AvgIpc) is 2.26. The minimum atomic E-state index is -0.128. The third kappa shape index (κ3) is 6.25. The van der Waals surface area contributed by atoms with Crippen LogP contribution in [0.4, 0.5) is 0 Å². The van der Waals surface area contributed by atoms with Crippen LogP contribution >= 0.6 is 0 Å². The number of amides is 1. The van der Waals surface area contributed by atoms with E-state index in [-0.39, 0.29) is 11.4 Å². The van der Waals surface area contributed by atoms with Crippen molar-refractivity contribution in [1.29, 1.82) is 0 Å². The Kier molecular flexibility index (Phi) is 6.50.